The lowest BCUT2D eigenvalue weighted by atomic mass is 10.1. The van der Waals surface area contributed by atoms with Gasteiger partial charge in [-0.3, -0.25) is 24.0 Å². The minimum Gasteiger partial charge on any atom is -0.495 e. The topological polar surface area (TPSA) is 139 Å². The van der Waals surface area contributed by atoms with Gasteiger partial charge in [0, 0.05) is 33.7 Å². The highest BCUT2D eigenvalue weighted by Gasteiger charge is 2.35. The molecule has 0 aromatic heterocycles. The third-order valence-electron chi connectivity index (χ3n) is 7.09. The Hall–Kier alpha value is -3.68. The maximum atomic E-state index is 14.2. The molecule has 0 bridgehead atoms. The molecule has 0 aliphatic carbocycles. The van der Waals surface area contributed by atoms with Gasteiger partial charge in [0.05, 0.1) is 22.6 Å². The number of benzene rings is 3. The molecule has 1 N–H and O–H groups in total. The highest BCUT2D eigenvalue weighted by atomic mass is 79.9. The molecule has 2 atom stereocenters. The number of methoxy groups -OCH3 is 1. The highest BCUT2D eigenvalue weighted by Crippen LogP contribution is 2.36. The van der Waals surface area contributed by atoms with E-state index < -0.39 is 49.9 Å². The van der Waals surface area contributed by atoms with Crippen molar-refractivity contribution < 1.29 is 27.7 Å². The van der Waals surface area contributed by atoms with Gasteiger partial charge in [-0.1, -0.05) is 52.7 Å². The number of nitrogens with one attached hydrogen (secondary N) is 1. The van der Waals surface area contributed by atoms with E-state index in [4.69, 9.17) is 16.3 Å². The van der Waals surface area contributed by atoms with Gasteiger partial charge in [-0.2, -0.15) is 0 Å². The number of sulfonamides is 1. The second-order valence-electron chi connectivity index (χ2n) is 10.2. The van der Waals surface area contributed by atoms with Crippen molar-refractivity contribution in [1.29, 1.82) is 0 Å². The van der Waals surface area contributed by atoms with Gasteiger partial charge in [-0.15, -0.1) is 0 Å². The molecule has 0 saturated carbocycles. The van der Waals surface area contributed by atoms with Crippen LogP contribution >= 0.6 is 27.5 Å². The summed E-state index contributed by atoms with van der Waals surface area (Å²) in [5, 5.41) is 14.7. The van der Waals surface area contributed by atoms with E-state index in [-0.39, 0.29) is 34.6 Å². The number of rotatable bonds is 13. The Morgan fingerprint density at radius 1 is 1.09 bits per heavy atom. The largest absolute Gasteiger partial charge is 0.495 e. The van der Waals surface area contributed by atoms with Crippen LogP contribution in [0.25, 0.3) is 0 Å². The number of ether oxygens (including phenoxy) is 1. The summed E-state index contributed by atoms with van der Waals surface area (Å²) in [6.45, 7) is 6.04. The zero-order valence-electron chi connectivity index (χ0n) is 24.9. The SMILES string of the molecule is CC[C@H](C)NC(=O)[C@H](C)N(Cc1ccc(Br)cc1)C(=O)CN(c1cc(Cl)ccc1OC)S(=O)(=O)c1ccc(C)c([N+](=O)[O-])c1. The van der Waals surface area contributed by atoms with Gasteiger partial charge in [0.2, 0.25) is 11.8 Å². The van der Waals surface area contributed by atoms with Crippen LogP contribution in [0.2, 0.25) is 5.02 Å². The van der Waals surface area contributed by atoms with E-state index >= 15 is 0 Å². The van der Waals surface area contributed by atoms with Crippen molar-refractivity contribution in [2.24, 2.45) is 0 Å². The second-order valence-corrected chi connectivity index (χ2v) is 13.4. The summed E-state index contributed by atoms with van der Waals surface area (Å²) in [4.78, 5) is 39.2. The molecule has 0 saturated heterocycles. The first-order valence-corrected chi connectivity index (χ1v) is 16.3. The van der Waals surface area contributed by atoms with E-state index in [2.05, 4.69) is 21.2 Å². The van der Waals surface area contributed by atoms with E-state index in [1.807, 2.05) is 13.8 Å². The third-order valence-corrected chi connectivity index (χ3v) is 9.61. The van der Waals surface area contributed by atoms with Crippen LogP contribution < -0.4 is 14.4 Å². The minimum absolute atomic E-state index is 0.00220. The van der Waals surface area contributed by atoms with Crippen LogP contribution in [0.15, 0.2) is 70.0 Å². The Morgan fingerprint density at radius 3 is 2.34 bits per heavy atom. The standard InChI is InChI=1S/C30H34BrClN4O7S/c1-6-20(3)33-30(38)21(4)34(17-22-8-10-23(31)11-9-22)29(37)18-35(27-15-24(32)12-14-28(27)43-5)44(41,42)25-13-7-19(2)26(16-25)36(39)40/h7-16,20-21H,6,17-18H2,1-5H3,(H,33,38)/t20-,21-/m0/s1. The number of hydrogen-bond donors (Lipinski definition) is 1. The summed E-state index contributed by atoms with van der Waals surface area (Å²) >= 11 is 9.64. The number of aryl methyl sites for hydroxylation is 1. The van der Waals surface area contributed by atoms with Crippen molar-refractivity contribution >= 4 is 60.7 Å². The Balaban J connectivity index is 2.15. The fourth-order valence-corrected chi connectivity index (χ4v) is 6.15. The number of halogens is 2. The number of nitro groups is 1. The normalized spacial score (nSPS) is 12.6. The van der Waals surface area contributed by atoms with E-state index in [1.165, 1.54) is 49.3 Å². The molecule has 3 aromatic rings. The fraction of sp³-hybridized carbons (Fsp3) is 0.333. The summed E-state index contributed by atoms with van der Waals surface area (Å²) in [7, 11) is -3.29. The van der Waals surface area contributed by atoms with Crippen molar-refractivity contribution in [1.82, 2.24) is 10.2 Å². The van der Waals surface area contributed by atoms with Gasteiger partial charge in [-0.05, 0) is 69.2 Å². The molecule has 3 aromatic carbocycles. The maximum Gasteiger partial charge on any atom is 0.273 e. The summed E-state index contributed by atoms with van der Waals surface area (Å²) in [6.07, 6.45) is 0.669. The average molecular weight is 710 g/mol. The average Bonchev–Trinajstić information content (AvgIpc) is 2.98. The molecule has 0 fully saturated rings. The van der Waals surface area contributed by atoms with Crippen molar-refractivity contribution in [2.75, 3.05) is 18.0 Å². The molecule has 0 spiro atoms. The highest BCUT2D eigenvalue weighted by molar-refractivity contribution is 9.10. The van der Waals surface area contributed by atoms with Crippen molar-refractivity contribution in [3.8, 4) is 5.75 Å². The number of nitro benzene ring substituents is 1. The third kappa shape index (κ3) is 8.27. The lowest BCUT2D eigenvalue weighted by Gasteiger charge is -2.33. The number of nitrogens with zero attached hydrogens (tertiary/aromatic N) is 3. The van der Waals surface area contributed by atoms with Crippen LogP contribution in [-0.2, 0) is 26.2 Å². The molecule has 44 heavy (non-hydrogen) atoms. The van der Waals surface area contributed by atoms with Crippen molar-refractivity contribution in [3.05, 3.63) is 91.4 Å². The van der Waals surface area contributed by atoms with Gasteiger partial charge in [0.15, 0.2) is 0 Å². The molecule has 11 nitrogen and oxygen atoms in total. The van der Waals surface area contributed by atoms with Crippen LogP contribution in [0.3, 0.4) is 0 Å². The molecular weight excluding hydrogens is 676 g/mol. The van der Waals surface area contributed by atoms with Crippen LogP contribution in [0.1, 0.15) is 38.3 Å². The van der Waals surface area contributed by atoms with E-state index in [0.29, 0.717) is 12.0 Å². The molecule has 3 rings (SSSR count). The Bertz CT molecular complexity index is 1640. The fourth-order valence-electron chi connectivity index (χ4n) is 4.28. The molecule has 0 heterocycles. The Kier molecular flexibility index (Phi) is 11.8. The predicted octanol–water partition coefficient (Wildman–Crippen LogP) is 5.86. The molecule has 0 aliphatic rings. The number of carbonyl (C=O) groups excluding carboxylic acids is 2. The Morgan fingerprint density at radius 2 is 1.75 bits per heavy atom. The van der Waals surface area contributed by atoms with Crippen LogP contribution in [0, 0.1) is 17.0 Å². The molecule has 0 aliphatic heterocycles. The Labute approximate surface area is 270 Å². The van der Waals surface area contributed by atoms with E-state index in [0.717, 1.165) is 14.8 Å². The lowest BCUT2D eigenvalue weighted by Crippen LogP contribution is -2.52. The summed E-state index contributed by atoms with van der Waals surface area (Å²) in [6, 6.07) is 13.8. The molecule has 0 radical (unpaired) electrons. The molecule has 236 valence electrons. The summed E-state index contributed by atoms with van der Waals surface area (Å²) in [5.41, 5.74) is 0.506. The zero-order chi connectivity index (χ0) is 32.8. The molecular formula is C30H34BrClN4O7S. The maximum absolute atomic E-state index is 14.2. The summed E-state index contributed by atoms with van der Waals surface area (Å²) < 4.78 is 35.4. The van der Waals surface area contributed by atoms with Crippen molar-refractivity contribution in [3.63, 3.8) is 0 Å². The first-order valence-electron chi connectivity index (χ1n) is 13.6. The van der Waals surface area contributed by atoms with Gasteiger partial charge in [0.1, 0.15) is 18.3 Å². The number of hydrogen-bond acceptors (Lipinski definition) is 7. The first-order chi connectivity index (χ1) is 20.7. The monoisotopic (exact) mass is 708 g/mol. The zero-order valence-corrected chi connectivity index (χ0v) is 28.1. The van der Waals surface area contributed by atoms with Crippen LogP contribution in [0.5, 0.6) is 5.75 Å². The van der Waals surface area contributed by atoms with E-state index in [1.54, 1.807) is 31.2 Å². The smallest absolute Gasteiger partial charge is 0.273 e. The molecule has 0 unspecified atom stereocenters. The molecule has 2 amide bonds. The quantitative estimate of drug-likeness (QED) is 0.173. The van der Waals surface area contributed by atoms with Gasteiger partial charge >= 0.3 is 0 Å². The van der Waals surface area contributed by atoms with Crippen LogP contribution in [0.4, 0.5) is 11.4 Å². The van der Waals surface area contributed by atoms with Gasteiger partial charge in [-0.25, -0.2) is 8.42 Å². The number of carbonyl (C=O) groups is 2. The van der Waals surface area contributed by atoms with Crippen molar-refractivity contribution in [2.45, 2.75) is 57.6 Å². The van der Waals surface area contributed by atoms with Gasteiger partial charge < -0.3 is 15.0 Å². The first kappa shape index (κ1) is 34.8. The van der Waals surface area contributed by atoms with Gasteiger partial charge in [0.25, 0.3) is 15.7 Å². The second kappa shape index (κ2) is 14.9. The van der Waals surface area contributed by atoms with E-state index in [9.17, 15) is 28.1 Å². The lowest BCUT2D eigenvalue weighted by molar-refractivity contribution is -0.385. The number of amides is 2. The summed E-state index contributed by atoms with van der Waals surface area (Å²) in [5.74, 6) is -1.02. The van der Waals surface area contributed by atoms with Crippen LogP contribution in [-0.4, -0.2) is 55.8 Å². The minimum atomic E-state index is -4.62. The predicted molar refractivity (Wildman–Crippen MR) is 172 cm³/mol. The number of anilines is 1. The molecule has 14 heteroatoms.